The van der Waals surface area contributed by atoms with Crippen molar-refractivity contribution in [2.75, 3.05) is 5.32 Å². The Morgan fingerprint density at radius 2 is 1.86 bits per heavy atom. The minimum absolute atomic E-state index is 0.0764. The van der Waals surface area contributed by atoms with Gasteiger partial charge in [0.15, 0.2) is 0 Å². The first-order valence-electron chi connectivity index (χ1n) is 9.20. The number of hydrogen-bond donors (Lipinski definition) is 1. The van der Waals surface area contributed by atoms with E-state index in [9.17, 15) is 9.59 Å². The number of benzene rings is 2. The van der Waals surface area contributed by atoms with Gasteiger partial charge in [0.25, 0.3) is 0 Å². The van der Waals surface area contributed by atoms with E-state index in [1.54, 1.807) is 11.5 Å². The van der Waals surface area contributed by atoms with Crippen LogP contribution >= 0.6 is 11.3 Å². The molecule has 0 unspecified atom stereocenters. The van der Waals surface area contributed by atoms with Gasteiger partial charge in [-0.05, 0) is 37.1 Å². The number of hydrogen-bond acceptors (Lipinski definition) is 5. The van der Waals surface area contributed by atoms with Crippen molar-refractivity contribution >= 4 is 35.0 Å². The van der Waals surface area contributed by atoms with Gasteiger partial charge in [-0.15, -0.1) is 11.3 Å². The molecule has 1 amide bonds. The Labute approximate surface area is 174 Å². The molecule has 5 nitrogen and oxygen atoms in total. The SMILES string of the molecule is Cc1ccc(/C=C/C(=O)OCc2csc(CC(=O)Nc3ccccc3C)n2)cc1. The van der Waals surface area contributed by atoms with E-state index in [1.165, 1.54) is 17.4 Å². The molecule has 1 aromatic heterocycles. The third-order valence-corrected chi connectivity index (χ3v) is 5.08. The molecule has 0 saturated heterocycles. The van der Waals surface area contributed by atoms with Crippen LogP contribution < -0.4 is 5.32 Å². The molecule has 2 aromatic carbocycles. The second kappa shape index (κ2) is 9.80. The largest absolute Gasteiger partial charge is 0.456 e. The summed E-state index contributed by atoms with van der Waals surface area (Å²) in [6, 6.07) is 15.5. The number of nitrogens with one attached hydrogen (secondary N) is 1. The molecule has 0 bridgehead atoms. The first-order valence-corrected chi connectivity index (χ1v) is 10.1. The molecule has 3 aromatic rings. The summed E-state index contributed by atoms with van der Waals surface area (Å²) in [6.07, 6.45) is 3.29. The molecule has 0 aliphatic carbocycles. The van der Waals surface area contributed by atoms with Crippen LogP contribution in [0.15, 0.2) is 60.0 Å². The number of esters is 1. The maximum Gasteiger partial charge on any atom is 0.331 e. The van der Waals surface area contributed by atoms with Gasteiger partial charge in [0.1, 0.15) is 11.6 Å². The summed E-state index contributed by atoms with van der Waals surface area (Å²) < 4.78 is 5.22. The fourth-order valence-electron chi connectivity index (χ4n) is 2.58. The highest BCUT2D eigenvalue weighted by atomic mass is 32.1. The number of nitrogens with zero attached hydrogens (tertiary/aromatic N) is 1. The van der Waals surface area contributed by atoms with Crippen molar-refractivity contribution in [1.29, 1.82) is 0 Å². The summed E-state index contributed by atoms with van der Waals surface area (Å²) in [5, 5.41) is 5.36. The van der Waals surface area contributed by atoms with Crippen LogP contribution in [0.3, 0.4) is 0 Å². The van der Waals surface area contributed by atoms with Crippen LogP contribution in [-0.2, 0) is 27.4 Å². The lowest BCUT2D eigenvalue weighted by molar-refractivity contribution is -0.139. The van der Waals surface area contributed by atoms with Gasteiger partial charge in [-0.3, -0.25) is 4.79 Å². The zero-order valence-corrected chi connectivity index (χ0v) is 17.2. The van der Waals surface area contributed by atoms with Crippen molar-refractivity contribution in [1.82, 2.24) is 4.98 Å². The van der Waals surface area contributed by atoms with E-state index in [-0.39, 0.29) is 18.9 Å². The smallest absolute Gasteiger partial charge is 0.331 e. The molecule has 1 heterocycles. The molecular weight excluding hydrogens is 384 g/mol. The van der Waals surface area contributed by atoms with Gasteiger partial charge in [0.05, 0.1) is 12.1 Å². The van der Waals surface area contributed by atoms with Crippen LogP contribution in [0.25, 0.3) is 6.08 Å². The standard InChI is InChI=1S/C23H22N2O3S/c1-16-7-9-18(10-8-16)11-12-23(27)28-14-19-15-29-22(24-19)13-21(26)25-20-6-4-3-5-17(20)2/h3-12,15H,13-14H2,1-2H3,(H,25,26)/b12-11+. The Kier molecular flexibility index (Phi) is 6.92. The predicted molar refractivity (Wildman–Crippen MR) is 116 cm³/mol. The third-order valence-electron chi connectivity index (χ3n) is 4.18. The summed E-state index contributed by atoms with van der Waals surface area (Å²) in [4.78, 5) is 28.5. The van der Waals surface area contributed by atoms with Crippen molar-refractivity contribution in [3.63, 3.8) is 0 Å². The number of amides is 1. The molecule has 0 atom stereocenters. The van der Waals surface area contributed by atoms with Crippen LogP contribution in [0, 0.1) is 13.8 Å². The number of carbonyl (C=O) groups is 2. The molecule has 0 fully saturated rings. The summed E-state index contributed by atoms with van der Waals surface area (Å²) >= 11 is 1.37. The Morgan fingerprint density at radius 3 is 2.62 bits per heavy atom. The minimum atomic E-state index is -0.433. The third kappa shape index (κ3) is 6.40. The van der Waals surface area contributed by atoms with Gasteiger partial charge >= 0.3 is 5.97 Å². The lowest BCUT2D eigenvalue weighted by Gasteiger charge is -2.06. The number of thiazole rings is 1. The molecule has 3 rings (SSSR count). The zero-order chi connectivity index (χ0) is 20.6. The van der Waals surface area contributed by atoms with Crippen molar-refractivity contribution in [2.24, 2.45) is 0 Å². The summed E-state index contributed by atoms with van der Waals surface area (Å²) in [6.45, 7) is 4.03. The van der Waals surface area contributed by atoms with E-state index in [4.69, 9.17) is 4.74 Å². The van der Waals surface area contributed by atoms with E-state index in [0.29, 0.717) is 10.7 Å². The Hall–Kier alpha value is -3.25. The van der Waals surface area contributed by atoms with Crippen molar-refractivity contribution < 1.29 is 14.3 Å². The van der Waals surface area contributed by atoms with E-state index in [0.717, 1.165) is 22.4 Å². The van der Waals surface area contributed by atoms with Gasteiger partial charge in [0, 0.05) is 17.1 Å². The summed E-state index contributed by atoms with van der Waals surface area (Å²) in [5.41, 5.74) is 4.53. The van der Waals surface area contributed by atoms with Crippen molar-refractivity contribution in [3.05, 3.63) is 87.4 Å². The van der Waals surface area contributed by atoms with Crippen molar-refractivity contribution in [3.8, 4) is 0 Å². The van der Waals surface area contributed by atoms with Gasteiger partial charge in [-0.25, -0.2) is 9.78 Å². The topological polar surface area (TPSA) is 68.3 Å². The Bertz CT molecular complexity index is 1020. The Balaban J connectivity index is 1.47. The molecule has 148 valence electrons. The number of para-hydroxylation sites is 1. The number of carbonyl (C=O) groups excluding carboxylic acids is 2. The van der Waals surface area contributed by atoms with Crippen LogP contribution in [0.5, 0.6) is 0 Å². The van der Waals surface area contributed by atoms with Crippen LogP contribution in [0.1, 0.15) is 27.4 Å². The highest BCUT2D eigenvalue weighted by molar-refractivity contribution is 7.09. The predicted octanol–water partition coefficient (Wildman–Crippen LogP) is 4.70. The molecule has 1 N–H and O–H groups in total. The average Bonchev–Trinajstić information content (AvgIpc) is 3.15. The van der Waals surface area contributed by atoms with E-state index < -0.39 is 5.97 Å². The number of aryl methyl sites for hydroxylation is 2. The number of aromatic nitrogens is 1. The monoisotopic (exact) mass is 406 g/mol. The molecule has 0 saturated carbocycles. The molecule has 0 aliphatic rings. The van der Waals surface area contributed by atoms with Gasteiger partial charge in [-0.2, -0.15) is 0 Å². The number of anilines is 1. The highest BCUT2D eigenvalue weighted by Gasteiger charge is 2.10. The molecule has 29 heavy (non-hydrogen) atoms. The molecule has 0 radical (unpaired) electrons. The second-order valence-electron chi connectivity index (χ2n) is 6.62. The van der Waals surface area contributed by atoms with Crippen LogP contribution in [-0.4, -0.2) is 16.9 Å². The average molecular weight is 407 g/mol. The van der Waals surface area contributed by atoms with E-state index in [2.05, 4.69) is 10.3 Å². The zero-order valence-electron chi connectivity index (χ0n) is 16.3. The molecule has 0 spiro atoms. The second-order valence-corrected chi connectivity index (χ2v) is 7.57. The minimum Gasteiger partial charge on any atom is -0.456 e. The van der Waals surface area contributed by atoms with E-state index in [1.807, 2.05) is 62.4 Å². The highest BCUT2D eigenvalue weighted by Crippen LogP contribution is 2.16. The fraction of sp³-hybridized carbons (Fsp3) is 0.174. The first-order chi connectivity index (χ1) is 14.0. The molecule has 6 heteroatoms. The number of ether oxygens (including phenoxy) is 1. The van der Waals surface area contributed by atoms with Crippen LogP contribution in [0.4, 0.5) is 5.69 Å². The van der Waals surface area contributed by atoms with Crippen molar-refractivity contribution in [2.45, 2.75) is 26.9 Å². The van der Waals surface area contributed by atoms with Gasteiger partial charge in [-0.1, -0.05) is 48.0 Å². The number of rotatable bonds is 7. The summed E-state index contributed by atoms with van der Waals surface area (Å²) in [7, 11) is 0. The maximum atomic E-state index is 12.2. The van der Waals surface area contributed by atoms with Gasteiger partial charge < -0.3 is 10.1 Å². The fourth-order valence-corrected chi connectivity index (χ4v) is 3.35. The summed E-state index contributed by atoms with van der Waals surface area (Å²) in [5.74, 6) is -0.560. The van der Waals surface area contributed by atoms with Crippen LogP contribution in [0.2, 0.25) is 0 Å². The first kappa shape index (κ1) is 20.5. The maximum absolute atomic E-state index is 12.2. The van der Waals surface area contributed by atoms with E-state index >= 15 is 0 Å². The molecular formula is C23H22N2O3S. The van der Waals surface area contributed by atoms with Gasteiger partial charge in [0.2, 0.25) is 5.91 Å². The normalized spacial score (nSPS) is 10.8. The molecule has 0 aliphatic heterocycles. The quantitative estimate of drug-likeness (QED) is 0.456. The lowest BCUT2D eigenvalue weighted by Crippen LogP contribution is -2.15. The lowest BCUT2D eigenvalue weighted by atomic mass is 10.1. The Morgan fingerprint density at radius 1 is 1.10 bits per heavy atom.